The lowest BCUT2D eigenvalue weighted by Crippen LogP contribution is -2.46. The number of carbonyl (C=O) groups is 4. The van der Waals surface area contributed by atoms with Crippen LogP contribution in [0.25, 0.3) is 0 Å². The highest BCUT2D eigenvalue weighted by atomic mass is 35.5. The molecule has 0 radical (unpaired) electrons. The minimum absolute atomic E-state index is 0.0143. The van der Waals surface area contributed by atoms with Crippen LogP contribution in [0.5, 0.6) is 0 Å². The normalized spacial score (nSPS) is 17.6. The van der Waals surface area contributed by atoms with E-state index in [1.54, 1.807) is 6.92 Å². The summed E-state index contributed by atoms with van der Waals surface area (Å²) in [5.74, 6) is -2.15. The van der Waals surface area contributed by atoms with Crippen LogP contribution in [0.1, 0.15) is 46.9 Å². The van der Waals surface area contributed by atoms with Gasteiger partial charge in [0, 0.05) is 17.7 Å². The second-order valence-electron chi connectivity index (χ2n) is 7.92. The fourth-order valence-electron chi connectivity index (χ4n) is 3.91. The van der Waals surface area contributed by atoms with Crippen molar-refractivity contribution in [3.05, 3.63) is 68.7 Å². The van der Waals surface area contributed by atoms with E-state index in [0.717, 1.165) is 11.0 Å². The maximum atomic E-state index is 13.3. The lowest BCUT2D eigenvalue weighted by molar-refractivity contribution is -0.384. The highest BCUT2D eigenvalue weighted by Gasteiger charge is 2.49. The van der Waals surface area contributed by atoms with Crippen LogP contribution in [-0.4, -0.2) is 52.2 Å². The van der Waals surface area contributed by atoms with Gasteiger partial charge in [-0.2, -0.15) is 0 Å². The summed E-state index contributed by atoms with van der Waals surface area (Å²) in [5, 5.41) is 11.1. The Balaban J connectivity index is 1.60. The van der Waals surface area contributed by atoms with Gasteiger partial charge in [0.2, 0.25) is 5.91 Å². The third kappa shape index (κ3) is 4.36. The minimum atomic E-state index is -1.04. The van der Waals surface area contributed by atoms with Crippen molar-refractivity contribution in [3.63, 3.8) is 0 Å². The fourth-order valence-corrected chi connectivity index (χ4v) is 4.10. The number of nitro benzene ring substituents is 1. The zero-order valence-electron chi connectivity index (χ0n) is 18.1. The third-order valence-electron chi connectivity index (χ3n) is 5.66. The SMILES string of the molecule is CCOC(=O)c1ccc(N2C(=O)CC(N(C(=O)c3ccc(Cl)c([N+](=O)[O-])c3)C3CC3)C2=O)cc1. The molecule has 2 aromatic carbocycles. The second-order valence-corrected chi connectivity index (χ2v) is 8.33. The van der Waals surface area contributed by atoms with Crippen LogP contribution >= 0.6 is 11.6 Å². The number of hydrogen-bond donors (Lipinski definition) is 0. The summed E-state index contributed by atoms with van der Waals surface area (Å²) in [7, 11) is 0. The first-order chi connectivity index (χ1) is 16.2. The predicted octanol–water partition coefficient (Wildman–Crippen LogP) is 3.36. The third-order valence-corrected chi connectivity index (χ3v) is 5.98. The number of ether oxygens (including phenoxy) is 1. The molecule has 4 rings (SSSR count). The molecule has 0 bridgehead atoms. The summed E-state index contributed by atoms with van der Waals surface area (Å²) in [5.41, 5.74) is 0.150. The molecular formula is C23H20ClN3O7. The number of anilines is 1. The van der Waals surface area contributed by atoms with E-state index in [9.17, 15) is 29.3 Å². The van der Waals surface area contributed by atoms with Crippen molar-refractivity contribution in [3.8, 4) is 0 Å². The van der Waals surface area contributed by atoms with Crippen molar-refractivity contribution in [2.45, 2.75) is 38.3 Å². The zero-order valence-corrected chi connectivity index (χ0v) is 18.9. The Bertz CT molecular complexity index is 1190. The molecule has 1 saturated heterocycles. The Morgan fingerprint density at radius 1 is 1.15 bits per heavy atom. The van der Waals surface area contributed by atoms with Crippen molar-refractivity contribution >= 4 is 46.7 Å². The Hall–Kier alpha value is -3.79. The molecule has 0 spiro atoms. The van der Waals surface area contributed by atoms with Crippen LogP contribution in [0.3, 0.4) is 0 Å². The zero-order chi connectivity index (χ0) is 24.6. The summed E-state index contributed by atoms with van der Waals surface area (Å²) >= 11 is 5.85. The lowest BCUT2D eigenvalue weighted by atomic mass is 10.1. The summed E-state index contributed by atoms with van der Waals surface area (Å²) in [6.45, 7) is 1.90. The van der Waals surface area contributed by atoms with Crippen LogP contribution in [0.2, 0.25) is 5.02 Å². The molecule has 34 heavy (non-hydrogen) atoms. The molecule has 2 aliphatic rings. The molecule has 1 saturated carbocycles. The fraction of sp³-hybridized carbons (Fsp3) is 0.304. The van der Waals surface area contributed by atoms with Crippen molar-refractivity contribution in [1.29, 1.82) is 0 Å². The lowest BCUT2D eigenvalue weighted by Gasteiger charge is -2.27. The maximum Gasteiger partial charge on any atom is 0.338 e. The number of esters is 1. The van der Waals surface area contributed by atoms with Crippen LogP contribution in [-0.2, 0) is 14.3 Å². The number of nitrogens with zero attached hydrogens (tertiary/aromatic N) is 3. The minimum Gasteiger partial charge on any atom is -0.462 e. The number of carbonyl (C=O) groups excluding carboxylic acids is 4. The number of halogens is 1. The van der Waals surface area contributed by atoms with Crippen LogP contribution in [0.4, 0.5) is 11.4 Å². The van der Waals surface area contributed by atoms with Gasteiger partial charge in [0.25, 0.3) is 17.5 Å². The van der Waals surface area contributed by atoms with E-state index < -0.39 is 40.3 Å². The van der Waals surface area contributed by atoms with E-state index in [1.165, 1.54) is 41.3 Å². The average molecular weight is 486 g/mol. The molecule has 1 unspecified atom stereocenters. The molecule has 3 amide bonds. The average Bonchev–Trinajstić information content (AvgIpc) is 3.59. The molecule has 10 nitrogen and oxygen atoms in total. The molecule has 1 aliphatic carbocycles. The van der Waals surface area contributed by atoms with Crippen molar-refractivity contribution in [2.75, 3.05) is 11.5 Å². The number of rotatable bonds is 7. The van der Waals surface area contributed by atoms with Crippen LogP contribution < -0.4 is 4.90 Å². The van der Waals surface area contributed by atoms with Gasteiger partial charge in [-0.1, -0.05) is 11.6 Å². The highest BCUT2D eigenvalue weighted by molar-refractivity contribution is 6.32. The number of nitro groups is 1. The first-order valence-corrected chi connectivity index (χ1v) is 11.0. The van der Waals surface area contributed by atoms with E-state index in [4.69, 9.17) is 16.3 Å². The topological polar surface area (TPSA) is 127 Å². The number of benzene rings is 2. The molecular weight excluding hydrogens is 466 g/mol. The Labute approximate surface area is 199 Å². The largest absolute Gasteiger partial charge is 0.462 e. The van der Waals surface area contributed by atoms with Gasteiger partial charge in [-0.05, 0) is 56.2 Å². The van der Waals surface area contributed by atoms with Crippen LogP contribution in [0, 0.1) is 10.1 Å². The molecule has 0 N–H and O–H groups in total. The van der Waals surface area contributed by atoms with Gasteiger partial charge in [-0.3, -0.25) is 24.5 Å². The molecule has 1 heterocycles. The van der Waals surface area contributed by atoms with Gasteiger partial charge in [-0.15, -0.1) is 0 Å². The molecule has 2 aromatic rings. The summed E-state index contributed by atoms with van der Waals surface area (Å²) in [4.78, 5) is 64.1. The smallest absolute Gasteiger partial charge is 0.338 e. The Morgan fingerprint density at radius 3 is 2.38 bits per heavy atom. The van der Waals surface area contributed by atoms with Gasteiger partial charge < -0.3 is 9.64 Å². The van der Waals surface area contributed by atoms with E-state index in [2.05, 4.69) is 0 Å². The van der Waals surface area contributed by atoms with Crippen molar-refractivity contribution < 1.29 is 28.8 Å². The standard InChI is InChI=1S/C23H20ClN3O7/c1-2-34-23(31)13-3-6-16(7-4-13)26-20(28)12-19(22(26)30)25(15-8-9-15)21(29)14-5-10-17(24)18(11-14)27(32)33/h3-7,10-11,15,19H,2,8-9,12H2,1H3. The van der Waals surface area contributed by atoms with E-state index in [0.29, 0.717) is 12.8 Å². The Morgan fingerprint density at radius 2 is 1.79 bits per heavy atom. The number of imide groups is 1. The van der Waals surface area contributed by atoms with Crippen molar-refractivity contribution in [1.82, 2.24) is 4.90 Å². The summed E-state index contributed by atoms with van der Waals surface area (Å²) in [6.07, 6.45) is 1.11. The monoisotopic (exact) mass is 485 g/mol. The quantitative estimate of drug-likeness (QED) is 0.254. The highest BCUT2D eigenvalue weighted by Crippen LogP contribution is 2.36. The first kappa shape index (κ1) is 23.4. The second kappa shape index (κ2) is 9.22. The predicted molar refractivity (Wildman–Crippen MR) is 121 cm³/mol. The molecule has 0 aromatic heterocycles. The van der Waals surface area contributed by atoms with E-state index in [-0.39, 0.29) is 40.9 Å². The van der Waals surface area contributed by atoms with Crippen molar-refractivity contribution in [2.24, 2.45) is 0 Å². The molecule has 11 heteroatoms. The van der Waals surface area contributed by atoms with E-state index >= 15 is 0 Å². The Kier molecular flexibility index (Phi) is 6.34. The summed E-state index contributed by atoms with van der Waals surface area (Å²) < 4.78 is 4.94. The van der Waals surface area contributed by atoms with Gasteiger partial charge in [0.1, 0.15) is 11.1 Å². The molecule has 2 fully saturated rings. The molecule has 176 valence electrons. The van der Waals surface area contributed by atoms with E-state index in [1.807, 2.05) is 0 Å². The maximum absolute atomic E-state index is 13.3. The van der Waals surface area contributed by atoms with Gasteiger partial charge >= 0.3 is 5.97 Å². The van der Waals surface area contributed by atoms with Gasteiger partial charge in [0.05, 0.1) is 29.2 Å². The first-order valence-electron chi connectivity index (χ1n) is 10.6. The number of amides is 3. The van der Waals surface area contributed by atoms with Gasteiger partial charge in [-0.25, -0.2) is 9.69 Å². The van der Waals surface area contributed by atoms with Crippen LogP contribution in [0.15, 0.2) is 42.5 Å². The van der Waals surface area contributed by atoms with Gasteiger partial charge in [0.15, 0.2) is 0 Å². The molecule has 1 atom stereocenters. The summed E-state index contributed by atoms with van der Waals surface area (Å²) in [6, 6.07) is 8.27. The molecule has 1 aliphatic heterocycles. The number of hydrogen-bond acceptors (Lipinski definition) is 7.